The Hall–Kier alpha value is -0.880. The van der Waals surface area contributed by atoms with Crippen molar-refractivity contribution < 1.29 is 0 Å². The zero-order chi connectivity index (χ0) is 13.4. The number of anilines is 1. The van der Waals surface area contributed by atoms with Crippen molar-refractivity contribution in [1.29, 1.82) is 0 Å². The molecule has 0 spiro atoms. The molecule has 2 atom stereocenters. The summed E-state index contributed by atoms with van der Waals surface area (Å²) in [5.74, 6) is 0. The average molecular weight is 327 g/mol. The molecule has 2 unspecified atom stereocenters. The Balaban J connectivity index is 1.90. The van der Waals surface area contributed by atoms with E-state index in [2.05, 4.69) is 31.2 Å². The van der Waals surface area contributed by atoms with Gasteiger partial charge in [-0.3, -0.25) is 4.79 Å². The third-order valence-corrected chi connectivity index (χ3v) is 4.88. The minimum atomic E-state index is -0.0395. The number of nitrogens with one attached hydrogen (secondary N) is 1. The first-order valence-electron chi connectivity index (χ1n) is 6.95. The lowest BCUT2D eigenvalue weighted by molar-refractivity contribution is 0.563. The van der Waals surface area contributed by atoms with Crippen molar-refractivity contribution in [2.24, 2.45) is 0 Å². The average Bonchev–Trinajstić information content (AvgIpc) is 2.73. The predicted octanol–water partition coefficient (Wildman–Crippen LogP) is 1.36. The molecule has 2 aliphatic rings. The Labute approximate surface area is 121 Å². The van der Waals surface area contributed by atoms with Crippen molar-refractivity contribution in [3.63, 3.8) is 0 Å². The van der Waals surface area contributed by atoms with Crippen molar-refractivity contribution in [2.45, 2.75) is 44.8 Å². The number of rotatable bonds is 2. The lowest BCUT2D eigenvalue weighted by Crippen LogP contribution is -2.36. The standard InChI is InChI=1S/C13H19BrN4O/c1-2-18-13(19)12(14)11(7-15-18)17-6-5-9-3-4-10(8-17)16-9/h7,9-10,16H,2-6,8H2,1H3. The van der Waals surface area contributed by atoms with Gasteiger partial charge in [-0.05, 0) is 42.1 Å². The van der Waals surface area contributed by atoms with Gasteiger partial charge >= 0.3 is 0 Å². The van der Waals surface area contributed by atoms with Crippen LogP contribution in [0.15, 0.2) is 15.5 Å². The van der Waals surface area contributed by atoms with Crippen LogP contribution in [0, 0.1) is 0 Å². The zero-order valence-electron chi connectivity index (χ0n) is 11.1. The van der Waals surface area contributed by atoms with Gasteiger partial charge in [-0.15, -0.1) is 0 Å². The highest BCUT2D eigenvalue weighted by molar-refractivity contribution is 9.10. The van der Waals surface area contributed by atoms with E-state index in [0.29, 0.717) is 23.1 Å². The number of hydrogen-bond acceptors (Lipinski definition) is 4. The largest absolute Gasteiger partial charge is 0.368 e. The molecule has 0 aliphatic carbocycles. The second-order valence-corrected chi connectivity index (χ2v) is 6.13. The summed E-state index contributed by atoms with van der Waals surface area (Å²) >= 11 is 3.45. The third-order valence-electron chi connectivity index (χ3n) is 4.13. The van der Waals surface area contributed by atoms with Crippen molar-refractivity contribution in [1.82, 2.24) is 15.1 Å². The molecule has 0 radical (unpaired) electrons. The number of halogens is 1. The highest BCUT2D eigenvalue weighted by Crippen LogP contribution is 2.27. The van der Waals surface area contributed by atoms with Gasteiger partial charge in [0.1, 0.15) is 4.47 Å². The molecule has 6 heteroatoms. The quantitative estimate of drug-likeness (QED) is 0.891. The molecule has 3 heterocycles. The predicted molar refractivity (Wildman–Crippen MR) is 78.6 cm³/mol. The SMILES string of the molecule is CCn1ncc(N2CCC3CCC(C2)N3)c(Br)c1=O. The fourth-order valence-corrected chi connectivity index (χ4v) is 3.62. The fourth-order valence-electron chi connectivity index (χ4n) is 3.06. The van der Waals surface area contributed by atoms with Gasteiger partial charge in [0, 0.05) is 31.7 Å². The van der Waals surface area contributed by atoms with E-state index < -0.39 is 0 Å². The van der Waals surface area contributed by atoms with E-state index in [9.17, 15) is 4.79 Å². The minimum Gasteiger partial charge on any atom is -0.368 e. The van der Waals surface area contributed by atoms with Gasteiger partial charge in [-0.2, -0.15) is 5.10 Å². The molecule has 2 bridgehead atoms. The summed E-state index contributed by atoms with van der Waals surface area (Å²) in [5.41, 5.74) is 0.895. The molecular weight excluding hydrogens is 308 g/mol. The monoisotopic (exact) mass is 326 g/mol. The second-order valence-electron chi connectivity index (χ2n) is 5.34. The van der Waals surface area contributed by atoms with Crippen LogP contribution in [0.2, 0.25) is 0 Å². The number of fused-ring (bicyclic) bond motifs is 2. The molecule has 1 aromatic rings. The van der Waals surface area contributed by atoms with Crippen LogP contribution in [-0.2, 0) is 6.54 Å². The first-order chi connectivity index (χ1) is 9.19. The summed E-state index contributed by atoms with van der Waals surface area (Å²) < 4.78 is 2.12. The molecule has 0 saturated carbocycles. The molecular formula is C13H19BrN4O. The number of nitrogens with zero attached hydrogens (tertiary/aromatic N) is 3. The van der Waals surface area contributed by atoms with Gasteiger partial charge in [-0.25, -0.2) is 4.68 Å². The van der Waals surface area contributed by atoms with Crippen LogP contribution in [0.4, 0.5) is 5.69 Å². The molecule has 2 aliphatic heterocycles. The molecule has 3 rings (SSSR count). The first kappa shape index (κ1) is 13.1. The van der Waals surface area contributed by atoms with Crippen LogP contribution in [0.5, 0.6) is 0 Å². The van der Waals surface area contributed by atoms with Gasteiger partial charge in [0.15, 0.2) is 0 Å². The summed E-state index contributed by atoms with van der Waals surface area (Å²) in [7, 11) is 0. The molecule has 5 nitrogen and oxygen atoms in total. The smallest absolute Gasteiger partial charge is 0.283 e. The van der Waals surface area contributed by atoms with E-state index >= 15 is 0 Å². The fraction of sp³-hybridized carbons (Fsp3) is 0.692. The molecule has 0 aromatic carbocycles. The molecule has 0 amide bonds. The van der Waals surface area contributed by atoms with Crippen molar-refractivity contribution >= 4 is 21.6 Å². The summed E-state index contributed by atoms with van der Waals surface area (Å²) in [6.45, 7) is 4.48. The molecule has 2 saturated heterocycles. The molecule has 19 heavy (non-hydrogen) atoms. The number of aryl methyl sites for hydroxylation is 1. The maximum Gasteiger partial charge on any atom is 0.283 e. The highest BCUT2D eigenvalue weighted by atomic mass is 79.9. The van der Waals surface area contributed by atoms with Crippen LogP contribution < -0.4 is 15.8 Å². The Kier molecular flexibility index (Phi) is 3.62. The third kappa shape index (κ3) is 2.43. The topological polar surface area (TPSA) is 50.2 Å². The van der Waals surface area contributed by atoms with Crippen LogP contribution in [0.25, 0.3) is 0 Å². The summed E-state index contributed by atoms with van der Waals surface area (Å²) in [6.07, 6.45) is 5.47. The van der Waals surface area contributed by atoms with Gasteiger partial charge in [0.25, 0.3) is 5.56 Å². The van der Waals surface area contributed by atoms with Gasteiger partial charge in [0.05, 0.1) is 11.9 Å². The zero-order valence-corrected chi connectivity index (χ0v) is 12.7. The van der Waals surface area contributed by atoms with Crippen LogP contribution in [-0.4, -0.2) is 35.0 Å². The second kappa shape index (κ2) is 5.25. The maximum atomic E-state index is 12.1. The van der Waals surface area contributed by atoms with Crippen LogP contribution in [0.3, 0.4) is 0 Å². The molecule has 2 fully saturated rings. The van der Waals surface area contributed by atoms with E-state index in [1.807, 2.05) is 13.1 Å². The van der Waals surface area contributed by atoms with E-state index in [-0.39, 0.29) is 5.56 Å². The Bertz CT molecular complexity index is 530. The van der Waals surface area contributed by atoms with Gasteiger partial charge < -0.3 is 10.2 Å². The number of hydrogen-bond donors (Lipinski definition) is 1. The summed E-state index contributed by atoms with van der Waals surface area (Å²) in [5, 5.41) is 7.89. The molecule has 104 valence electrons. The van der Waals surface area contributed by atoms with Gasteiger partial charge in [-0.1, -0.05) is 0 Å². The summed E-state index contributed by atoms with van der Waals surface area (Å²) in [4.78, 5) is 14.4. The van der Waals surface area contributed by atoms with Crippen molar-refractivity contribution in [2.75, 3.05) is 18.0 Å². The maximum absolute atomic E-state index is 12.1. The lowest BCUT2D eigenvalue weighted by atomic mass is 10.1. The lowest BCUT2D eigenvalue weighted by Gasteiger charge is -2.26. The number of aromatic nitrogens is 2. The Morgan fingerprint density at radius 2 is 2.21 bits per heavy atom. The first-order valence-corrected chi connectivity index (χ1v) is 7.75. The van der Waals surface area contributed by atoms with Gasteiger partial charge in [0.2, 0.25) is 0 Å². The molecule has 1 aromatic heterocycles. The van der Waals surface area contributed by atoms with E-state index in [0.717, 1.165) is 25.2 Å². The van der Waals surface area contributed by atoms with E-state index in [4.69, 9.17) is 0 Å². The Morgan fingerprint density at radius 1 is 1.42 bits per heavy atom. The van der Waals surface area contributed by atoms with Crippen LogP contribution in [0.1, 0.15) is 26.2 Å². The van der Waals surface area contributed by atoms with Crippen molar-refractivity contribution in [3.05, 3.63) is 21.0 Å². The Morgan fingerprint density at radius 3 is 3.00 bits per heavy atom. The minimum absolute atomic E-state index is 0.0395. The highest BCUT2D eigenvalue weighted by Gasteiger charge is 2.30. The summed E-state index contributed by atoms with van der Waals surface area (Å²) in [6, 6.07) is 1.20. The van der Waals surface area contributed by atoms with E-state index in [1.54, 1.807) is 0 Å². The normalized spacial score (nSPS) is 26.5. The van der Waals surface area contributed by atoms with E-state index in [1.165, 1.54) is 17.5 Å². The van der Waals surface area contributed by atoms with Crippen LogP contribution >= 0.6 is 15.9 Å². The van der Waals surface area contributed by atoms with Crippen molar-refractivity contribution in [3.8, 4) is 0 Å². The molecule has 1 N–H and O–H groups in total.